The van der Waals surface area contributed by atoms with Crippen molar-refractivity contribution in [1.82, 2.24) is 0 Å². The molecule has 0 amide bonds. The second-order valence-electron chi connectivity index (χ2n) is 3.38. The molecule has 0 aromatic heterocycles. The van der Waals surface area contributed by atoms with Crippen molar-refractivity contribution < 1.29 is 26.3 Å². The van der Waals surface area contributed by atoms with Gasteiger partial charge in [0.25, 0.3) is 0 Å². The first-order valence-corrected chi connectivity index (χ1v) is 4.00. The predicted octanol–water partition coefficient (Wildman–Crippen LogP) is 3.02. The fourth-order valence-electron chi connectivity index (χ4n) is 1.10. The Morgan fingerprint density at radius 1 is 1.00 bits per heavy atom. The Hall–Kier alpha value is -0.720. The number of rotatable bonds is 2. The molecule has 0 radical (unpaired) electrons. The van der Waals surface area contributed by atoms with E-state index in [1.807, 2.05) is 0 Å². The van der Waals surface area contributed by atoms with Crippen molar-refractivity contribution in [3.8, 4) is 0 Å². The predicted molar refractivity (Wildman–Crippen MR) is 43.0 cm³/mol. The lowest BCUT2D eigenvalue weighted by atomic mass is 9.97. The van der Waals surface area contributed by atoms with Crippen molar-refractivity contribution in [1.29, 1.82) is 0 Å². The monoisotopic (exact) mass is 235 g/mol. The largest absolute Gasteiger partial charge is 0.402 e. The minimum absolute atomic E-state index is 0.306. The molecule has 0 aromatic carbocycles. The Kier molecular flexibility index (Phi) is 4.21. The first-order chi connectivity index (χ1) is 6.46. The third-order valence-corrected chi connectivity index (χ3v) is 1.62. The zero-order valence-corrected chi connectivity index (χ0v) is 8.08. The highest BCUT2D eigenvalue weighted by molar-refractivity contribution is 5.04. The maximum Gasteiger partial charge on any atom is 0.402 e. The molecule has 1 unspecified atom stereocenters. The molecule has 1 nitrogen and oxygen atoms in total. The van der Waals surface area contributed by atoms with Gasteiger partial charge in [0, 0.05) is 6.04 Å². The van der Waals surface area contributed by atoms with Gasteiger partial charge >= 0.3 is 12.4 Å². The Balaban J connectivity index is 5.06. The molecule has 0 saturated heterocycles. The summed E-state index contributed by atoms with van der Waals surface area (Å²) in [5, 5.41) is 0. The van der Waals surface area contributed by atoms with Crippen LogP contribution in [0.4, 0.5) is 26.3 Å². The minimum Gasteiger partial charge on any atom is -0.324 e. The molecule has 0 saturated carbocycles. The summed E-state index contributed by atoms with van der Waals surface area (Å²) in [7, 11) is 0. The number of halogens is 6. The summed E-state index contributed by atoms with van der Waals surface area (Å²) in [5.41, 5.74) is 5.18. The van der Waals surface area contributed by atoms with Crippen LogP contribution in [0.15, 0.2) is 11.6 Å². The molecule has 90 valence electrons. The Bertz CT molecular complexity index is 220. The van der Waals surface area contributed by atoms with Crippen molar-refractivity contribution in [3.05, 3.63) is 11.6 Å². The molecule has 0 aliphatic rings. The standard InChI is InChI=1S/C8H11F6N/c1-4(2)3-5(15)6(7(9,10)11)8(12,13)14/h3,5-6H,15H2,1-2H3. The lowest BCUT2D eigenvalue weighted by Gasteiger charge is -2.26. The van der Waals surface area contributed by atoms with Crippen LogP contribution in [0.5, 0.6) is 0 Å². The van der Waals surface area contributed by atoms with E-state index in [0.29, 0.717) is 5.57 Å². The van der Waals surface area contributed by atoms with E-state index in [1.165, 1.54) is 13.8 Å². The van der Waals surface area contributed by atoms with Gasteiger partial charge in [-0.15, -0.1) is 0 Å². The SMILES string of the molecule is CC(C)=CC(N)C(C(F)(F)F)C(F)(F)F. The van der Waals surface area contributed by atoms with Crippen LogP contribution < -0.4 is 5.73 Å². The maximum absolute atomic E-state index is 12.1. The van der Waals surface area contributed by atoms with E-state index >= 15 is 0 Å². The number of alkyl halides is 6. The van der Waals surface area contributed by atoms with Gasteiger partial charge in [-0.05, 0) is 13.8 Å². The molecule has 1 atom stereocenters. The zero-order valence-electron chi connectivity index (χ0n) is 8.08. The fourth-order valence-corrected chi connectivity index (χ4v) is 1.10. The molecule has 0 rings (SSSR count). The third-order valence-electron chi connectivity index (χ3n) is 1.62. The van der Waals surface area contributed by atoms with Gasteiger partial charge in [0.05, 0.1) is 0 Å². The van der Waals surface area contributed by atoms with E-state index in [2.05, 4.69) is 0 Å². The van der Waals surface area contributed by atoms with Crippen LogP contribution in [-0.4, -0.2) is 18.4 Å². The molecule has 0 fully saturated rings. The van der Waals surface area contributed by atoms with Gasteiger partial charge in [-0.3, -0.25) is 0 Å². The van der Waals surface area contributed by atoms with Gasteiger partial charge < -0.3 is 5.73 Å². The van der Waals surface area contributed by atoms with Crippen molar-refractivity contribution in [2.75, 3.05) is 0 Å². The van der Waals surface area contributed by atoms with E-state index in [9.17, 15) is 26.3 Å². The molecule has 0 aliphatic heterocycles. The molecule has 0 spiro atoms. The molecule has 7 heteroatoms. The first-order valence-electron chi connectivity index (χ1n) is 4.00. The Morgan fingerprint density at radius 2 is 1.33 bits per heavy atom. The van der Waals surface area contributed by atoms with Crippen LogP contribution in [0.25, 0.3) is 0 Å². The number of hydrogen-bond donors (Lipinski definition) is 1. The Labute approximate surface area is 82.9 Å². The van der Waals surface area contributed by atoms with E-state index < -0.39 is 24.3 Å². The van der Waals surface area contributed by atoms with Crippen LogP contribution >= 0.6 is 0 Å². The Morgan fingerprint density at radius 3 is 1.53 bits per heavy atom. The summed E-state index contributed by atoms with van der Waals surface area (Å²) in [4.78, 5) is 0. The highest BCUT2D eigenvalue weighted by Gasteiger charge is 2.58. The zero-order chi connectivity index (χ0) is 12.4. The van der Waals surface area contributed by atoms with E-state index in [0.717, 1.165) is 6.08 Å². The third kappa shape index (κ3) is 4.55. The van der Waals surface area contributed by atoms with E-state index in [-0.39, 0.29) is 0 Å². The summed E-state index contributed by atoms with van der Waals surface area (Å²) < 4.78 is 72.5. The topological polar surface area (TPSA) is 26.0 Å². The molecule has 0 bridgehead atoms. The number of nitrogens with two attached hydrogens (primary N) is 1. The van der Waals surface area contributed by atoms with E-state index in [4.69, 9.17) is 5.73 Å². The van der Waals surface area contributed by atoms with Crippen LogP contribution in [0.1, 0.15) is 13.8 Å². The van der Waals surface area contributed by atoms with Crippen LogP contribution in [0, 0.1) is 5.92 Å². The molecule has 0 heterocycles. The molecule has 2 N–H and O–H groups in total. The summed E-state index contributed by atoms with van der Waals surface area (Å²) in [5.74, 6) is -3.51. The van der Waals surface area contributed by atoms with Gasteiger partial charge in [0.1, 0.15) is 0 Å². The maximum atomic E-state index is 12.1. The highest BCUT2D eigenvalue weighted by Crippen LogP contribution is 2.41. The fraction of sp³-hybridized carbons (Fsp3) is 0.750. The smallest absolute Gasteiger partial charge is 0.324 e. The lowest BCUT2D eigenvalue weighted by Crippen LogP contribution is -2.48. The average Bonchev–Trinajstić information content (AvgIpc) is 1.74. The van der Waals surface area contributed by atoms with Crippen LogP contribution in [-0.2, 0) is 0 Å². The van der Waals surface area contributed by atoms with Gasteiger partial charge in [-0.25, -0.2) is 0 Å². The van der Waals surface area contributed by atoms with Crippen molar-refractivity contribution in [2.45, 2.75) is 32.2 Å². The highest BCUT2D eigenvalue weighted by atomic mass is 19.4. The van der Waals surface area contributed by atoms with Gasteiger partial charge in [0.2, 0.25) is 0 Å². The quantitative estimate of drug-likeness (QED) is 0.577. The minimum atomic E-state index is -5.39. The second kappa shape index (κ2) is 4.42. The van der Waals surface area contributed by atoms with E-state index in [1.54, 1.807) is 0 Å². The van der Waals surface area contributed by atoms with Crippen molar-refractivity contribution in [3.63, 3.8) is 0 Å². The van der Waals surface area contributed by atoms with Crippen molar-refractivity contribution >= 4 is 0 Å². The number of allylic oxidation sites excluding steroid dienone is 1. The van der Waals surface area contributed by atoms with Crippen LogP contribution in [0.2, 0.25) is 0 Å². The molecular weight excluding hydrogens is 224 g/mol. The second-order valence-corrected chi connectivity index (χ2v) is 3.38. The average molecular weight is 235 g/mol. The first kappa shape index (κ1) is 14.3. The lowest BCUT2D eigenvalue weighted by molar-refractivity contribution is -0.286. The molecule has 0 aromatic rings. The van der Waals surface area contributed by atoms with Gasteiger partial charge in [-0.1, -0.05) is 11.6 Å². The molecule has 0 aliphatic carbocycles. The summed E-state index contributed by atoms with van der Waals surface area (Å²) in [6.45, 7) is 2.76. The number of hydrogen-bond acceptors (Lipinski definition) is 1. The summed E-state index contributed by atoms with van der Waals surface area (Å²) in [6, 6.07) is -2.10. The molecular formula is C8H11F6N. The summed E-state index contributed by atoms with van der Waals surface area (Å²) >= 11 is 0. The van der Waals surface area contributed by atoms with Gasteiger partial charge in [-0.2, -0.15) is 26.3 Å². The van der Waals surface area contributed by atoms with Crippen LogP contribution in [0.3, 0.4) is 0 Å². The van der Waals surface area contributed by atoms with Gasteiger partial charge in [0.15, 0.2) is 5.92 Å². The molecule has 15 heavy (non-hydrogen) atoms. The summed E-state index contributed by atoms with van der Waals surface area (Å²) in [6.07, 6.45) is -10.0. The van der Waals surface area contributed by atoms with Crippen molar-refractivity contribution in [2.24, 2.45) is 11.7 Å². The normalized spacial score (nSPS) is 15.3.